The van der Waals surface area contributed by atoms with Crippen LogP contribution in [-0.2, 0) is 4.79 Å². The maximum absolute atomic E-state index is 12.4. The number of hydrogen-bond donors (Lipinski definition) is 2. The highest BCUT2D eigenvalue weighted by atomic mass is 16.2. The van der Waals surface area contributed by atoms with Crippen LogP contribution in [-0.4, -0.2) is 36.3 Å². The fraction of sp³-hybridized carbons (Fsp3) is 0.429. The monoisotopic (exact) mass is 261 g/mol. The van der Waals surface area contributed by atoms with Gasteiger partial charge in [0.2, 0.25) is 5.91 Å². The van der Waals surface area contributed by atoms with E-state index in [1.54, 1.807) is 24.1 Å². The standard InChI is InChI=1S/C14H19N3O2/c1-9-5-6-10(8-11(9)15)14(19)17-7-3-4-12(17)13(18)16-2/h5-6,8,12H,3-4,7,15H2,1-2H3,(H,16,18). The molecule has 1 unspecified atom stereocenters. The lowest BCUT2D eigenvalue weighted by Gasteiger charge is -2.23. The average Bonchev–Trinajstić information content (AvgIpc) is 2.89. The Bertz CT molecular complexity index is 513. The Kier molecular flexibility index (Phi) is 3.74. The zero-order chi connectivity index (χ0) is 14.0. The average molecular weight is 261 g/mol. The summed E-state index contributed by atoms with van der Waals surface area (Å²) in [5.41, 5.74) is 7.91. The number of likely N-dealkylation sites (N-methyl/N-ethyl adjacent to an activating group) is 1. The molecule has 5 nitrogen and oxygen atoms in total. The first-order valence-electron chi connectivity index (χ1n) is 6.43. The van der Waals surface area contributed by atoms with Crippen LogP contribution in [0.15, 0.2) is 18.2 Å². The number of carbonyl (C=O) groups excluding carboxylic acids is 2. The highest BCUT2D eigenvalue weighted by Crippen LogP contribution is 2.22. The Hall–Kier alpha value is -2.04. The maximum Gasteiger partial charge on any atom is 0.254 e. The van der Waals surface area contributed by atoms with Crippen molar-refractivity contribution in [3.63, 3.8) is 0 Å². The first kappa shape index (κ1) is 13.4. The van der Waals surface area contributed by atoms with Gasteiger partial charge in [0.15, 0.2) is 0 Å². The predicted octanol–water partition coefficient (Wildman–Crippen LogP) is 0.928. The molecule has 19 heavy (non-hydrogen) atoms. The van der Waals surface area contributed by atoms with E-state index in [4.69, 9.17) is 5.73 Å². The van der Waals surface area contributed by atoms with Crippen molar-refractivity contribution in [2.24, 2.45) is 0 Å². The van der Waals surface area contributed by atoms with Crippen LogP contribution < -0.4 is 11.1 Å². The molecule has 0 bridgehead atoms. The minimum atomic E-state index is -0.361. The van der Waals surface area contributed by atoms with Crippen molar-refractivity contribution in [3.05, 3.63) is 29.3 Å². The van der Waals surface area contributed by atoms with Crippen molar-refractivity contribution < 1.29 is 9.59 Å². The minimum absolute atomic E-state index is 0.106. The fourth-order valence-electron chi connectivity index (χ4n) is 2.39. The lowest BCUT2D eigenvalue weighted by atomic mass is 10.1. The van der Waals surface area contributed by atoms with Gasteiger partial charge < -0.3 is 16.0 Å². The Morgan fingerprint density at radius 2 is 2.16 bits per heavy atom. The smallest absolute Gasteiger partial charge is 0.254 e. The Balaban J connectivity index is 2.23. The van der Waals surface area contributed by atoms with E-state index in [0.29, 0.717) is 24.2 Å². The van der Waals surface area contributed by atoms with Crippen molar-refractivity contribution in [1.29, 1.82) is 0 Å². The summed E-state index contributed by atoms with van der Waals surface area (Å²) in [7, 11) is 1.59. The molecular formula is C14H19N3O2. The maximum atomic E-state index is 12.4. The van der Waals surface area contributed by atoms with Crippen LogP contribution >= 0.6 is 0 Å². The van der Waals surface area contributed by atoms with Gasteiger partial charge in [0.25, 0.3) is 5.91 Å². The van der Waals surface area contributed by atoms with E-state index < -0.39 is 0 Å². The molecule has 1 aliphatic rings. The number of nitrogens with zero attached hydrogens (tertiary/aromatic N) is 1. The van der Waals surface area contributed by atoms with E-state index >= 15 is 0 Å². The zero-order valence-electron chi connectivity index (χ0n) is 11.3. The number of likely N-dealkylation sites (tertiary alicyclic amines) is 1. The number of nitrogens with two attached hydrogens (primary N) is 1. The molecule has 1 aromatic carbocycles. The molecule has 0 radical (unpaired) electrons. The Labute approximate surface area is 112 Å². The summed E-state index contributed by atoms with van der Waals surface area (Å²) >= 11 is 0. The molecule has 1 aliphatic heterocycles. The molecule has 1 fully saturated rings. The number of nitrogens with one attached hydrogen (secondary N) is 1. The van der Waals surface area contributed by atoms with E-state index in [9.17, 15) is 9.59 Å². The summed E-state index contributed by atoms with van der Waals surface area (Å²) in [6.45, 7) is 2.51. The van der Waals surface area contributed by atoms with Gasteiger partial charge in [-0.15, -0.1) is 0 Å². The SMILES string of the molecule is CNC(=O)C1CCCN1C(=O)c1ccc(C)c(N)c1. The molecule has 1 aromatic rings. The Morgan fingerprint density at radius 1 is 1.42 bits per heavy atom. The van der Waals surface area contributed by atoms with Gasteiger partial charge in [-0.3, -0.25) is 9.59 Å². The van der Waals surface area contributed by atoms with Crippen molar-refractivity contribution in [2.75, 3.05) is 19.3 Å². The molecular weight excluding hydrogens is 242 g/mol. The normalized spacial score (nSPS) is 18.4. The topological polar surface area (TPSA) is 75.4 Å². The lowest BCUT2D eigenvalue weighted by Crippen LogP contribution is -2.44. The van der Waals surface area contributed by atoms with E-state index in [2.05, 4.69) is 5.32 Å². The number of amides is 2. The van der Waals surface area contributed by atoms with Crippen LogP contribution in [0.5, 0.6) is 0 Å². The molecule has 1 saturated heterocycles. The summed E-state index contributed by atoms with van der Waals surface area (Å²) < 4.78 is 0. The fourth-order valence-corrected chi connectivity index (χ4v) is 2.39. The van der Waals surface area contributed by atoms with E-state index in [1.807, 2.05) is 13.0 Å². The third kappa shape index (κ3) is 2.54. The molecule has 5 heteroatoms. The van der Waals surface area contributed by atoms with E-state index in [0.717, 1.165) is 12.0 Å². The molecule has 0 saturated carbocycles. The summed E-state index contributed by atoms with van der Waals surface area (Å²) in [6, 6.07) is 4.90. The van der Waals surface area contributed by atoms with Gasteiger partial charge in [-0.1, -0.05) is 6.07 Å². The number of hydrogen-bond acceptors (Lipinski definition) is 3. The van der Waals surface area contributed by atoms with Gasteiger partial charge in [0.05, 0.1) is 0 Å². The van der Waals surface area contributed by atoms with Gasteiger partial charge in [0, 0.05) is 24.8 Å². The molecule has 3 N–H and O–H groups in total. The zero-order valence-corrected chi connectivity index (χ0v) is 11.3. The number of carbonyl (C=O) groups is 2. The van der Waals surface area contributed by atoms with E-state index in [1.165, 1.54) is 0 Å². The summed E-state index contributed by atoms with van der Waals surface area (Å²) in [6.07, 6.45) is 1.57. The third-order valence-electron chi connectivity index (χ3n) is 3.59. The first-order valence-corrected chi connectivity index (χ1v) is 6.43. The Morgan fingerprint density at radius 3 is 2.79 bits per heavy atom. The molecule has 102 valence electrons. The van der Waals surface area contributed by atoms with Crippen molar-refractivity contribution in [1.82, 2.24) is 10.2 Å². The molecule has 2 rings (SSSR count). The van der Waals surface area contributed by atoms with Crippen LogP contribution in [0.1, 0.15) is 28.8 Å². The third-order valence-corrected chi connectivity index (χ3v) is 3.59. The second-order valence-electron chi connectivity index (χ2n) is 4.84. The summed E-state index contributed by atoms with van der Waals surface area (Å²) in [5, 5.41) is 2.61. The number of nitrogen functional groups attached to an aromatic ring is 1. The van der Waals surface area contributed by atoms with Crippen molar-refractivity contribution >= 4 is 17.5 Å². The molecule has 2 amide bonds. The second kappa shape index (κ2) is 5.30. The summed E-state index contributed by atoms with van der Waals surface area (Å²) in [4.78, 5) is 25.8. The number of benzene rings is 1. The van der Waals surface area contributed by atoms with Crippen molar-refractivity contribution in [2.45, 2.75) is 25.8 Å². The predicted molar refractivity (Wildman–Crippen MR) is 73.7 cm³/mol. The van der Waals surface area contributed by atoms with Gasteiger partial charge >= 0.3 is 0 Å². The minimum Gasteiger partial charge on any atom is -0.398 e. The van der Waals surface area contributed by atoms with E-state index in [-0.39, 0.29) is 17.9 Å². The summed E-state index contributed by atoms with van der Waals surface area (Å²) in [5.74, 6) is -0.233. The molecule has 1 atom stereocenters. The number of anilines is 1. The number of rotatable bonds is 2. The number of aryl methyl sites for hydroxylation is 1. The molecule has 0 spiro atoms. The van der Waals surface area contributed by atoms with Crippen LogP contribution in [0.3, 0.4) is 0 Å². The quantitative estimate of drug-likeness (QED) is 0.778. The van der Waals surface area contributed by atoms with Gasteiger partial charge in [-0.25, -0.2) is 0 Å². The van der Waals surface area contributed by atoms with Crippen LogP contribution in [0.25, 0.3) is 0 Å². The van der Waals surface area contributed by atoms with Crippen LogP contribution in [0.2, 0.25) is 0 Å². The van der Waals surface area contributed by atoms with Gasteiger partial charge in [-0.05, 0) is 37.5 Å². The van der Waals surface area contributed by atoms with Crippen LogP contribution in [0, 0.1) is 6.92 Å². The van der Waals surface area contributed by atoms with Gasteiger partial charge in [-0.2, -0.15) is 0 Å². The molecule has 0 aliphatic carbocycles. The highest BCUT2D eigenvalue weighted by molar-refractivity contribution is 5.98. The van der Waals surface area contributed by atoms with Gasteiger partial charge in [0.1, 0.15) is 6.04 Å². The molecule has 1 heterocycles. The first-order chi connectivity index (χ1) is 9.04. The van der Waals surface area contributed by atoms with Crippen molar-refractivity contribution in [3.8, 4) is 0 Å². The van der Waals surface area contributed by atoms with Crippen LogP contribution in [0.4, 0.5) is 5.69 Å². The highest BCUT2D eigenvalue weighted by Gasteiger charge is 2.33. The second-order valence-corrected chi connectivity index (χ2v) is 4.84. The molecule has 0 aromatic heterocycles. The largest absolute Gasteiger partial charge is 0.398 e. The lowest BCUT2D eigenvalue weighted by molar-refractivity contribution is -0.124.